The smallest absolute Gasteiger partial charge is 0.261 e. The standard InChI is InChI=1S/C23H24N2O4S/c1-2-17-5-11-21(12-6-17)30(27,28)25-19-9-7-18(8-10-19)23(13-14-23)22(26)24-16-20-4-3-15-29-20/h3-12,15,25H,2,13-14,16H2,1H3,(H,24,26). The van der Waals surface area contributed by atoms with Gasteiger partial charge in [0.1, 0.15) is 5.76 Å². The number of benzene rings is 2. The highest BCUT2D eigenvalue weighted by molar-refractivity contribution is 7.92. The van der Waals surface area contributed by atoms with Gasteiger partial charge in [0.25, 0.3) is 10.0 Å². The Kier molecular flexibility index (Phi) is 5.39. The number of hydrogen-bond donors (Lipinski definition) is 2. The zero-order chi connectivity index (χ0) is 21.2. The van der Waals surface area contributed by atoms with E-state index in [0.717, 1.165) is 30.4 Å². The van der Waals surface area contributed by atoms with Gasteiger partial charge < -0.3 is 9.73 Å². The Bertz CT molecular complexity index is 1110. The van der Waals surface area contributed by atoms with Gasteiger partial charge in [0, 0.05) is 5.69 Å². The monoisotopic (exact) mass is 424 g/mol. The van der Waals surface area contributed by atoms with Crippen LogP contribution in [0.4, 0.5) is 5.69 Å². The Morgan fingerprint density at radius 1 is 1.03 bits per heavy atom. The van der Waals surface area contributed by atoms with Crippen LogP contribution in [0.1, 0.15) is 36.7 Å². The molecule has 30 heavy (non-hydrogen) atoms. The molecule has 1 amide bonds. The fraction of sp³-hybridized carbons (Fsp3) is 0.261. The van der Waals surface area contributed by atoms with Gasteiger partial charge in [0.15, 0.2) is 0 Å². The van der Waals surface area contributed by atoms with E-state index in [0.29, 0.717) is 18.0 Å². The average Bonchev–Trinajstić information content (AvgIpc) is 3.40. The molecule has 156 valence electrons. The van der Waals surface area contributed by atoms with Crippen molar-refractivity contribution in [2.45, 2.75) is 43.0 Å². The van der Waals surface area contributed by atoms with E-state index in [4.69, 9.17) is 4.42 Å². The second-order valence-corrected chi connectivity index (χ2v) is 9.21. The van der Waals surface area contributed by atoms with Crippen LogP contribution in [0.5, 0.6) is 0 Å². The van der Waals surface area contributed by atoms with E-state index in [2.05, 4.69) is 10.0 Å². The highest BCUT2D eigenvalue weighted by Gasteiger charge is 2.51. The minimum absolute atomic E-state index is 0.0387. The van der Waals surface area contributed by atoms with E-state index in [1.54, 1.807) is 36.6 Å². The molecule has 0 spiro atoms. The Morgan fingerprint density at radius 2 is 1.73 bits per heavy atom. The first-order valence-electron chi connectivity index (χ1n) is 9.96. The summed E-state index contributed by atoms with van der Waals surface area (Å²) in [6.07, 6.45) is 3.97. The van der Waals surface area contributed by atoms with Gasteiger partial charge in [-0.3, -0.25) is 9.52 Å². The van der Waals surface area contributed by atoms with Crippen molar-refractivity contribution in [2.75, 3.05) is 4.72 Å². The Hall–Kier alpha value is -3.06. The molecule has 6 nitrogen and oxygen atoms in total. The summed E-state index contributed by atoms with van der Waals surface area (Å²) in [7, 11) is -3.66. The number of amides is 1. The molecule has 3 aromatic rings. The summed E-state index contributed by atoms with van der Waals surface area (Å²) >= 11 is 0. The van der Waals surface area contributed by atoms with Gasteiger partial charge in [-0.05, 0) is 66.8 Å². The highest BCUT2D eigenvalue weighted by atomic mass is 32.2. The third kappa shape index (κ3) is 4.11. The molecule has 0 atom stereocenters. The molecule has 0 unspecified atom stereocenters. The number of aryl methyl sites for hydroxylation is 1. The third-order valence-corrected chi connectivity index (χ3v) is 6.92. The second kappa shape index (κ2) is 7.99. The van der Waals surface area contributed by atoms with E-state index in [9.17, 15) is 13.2 Å². The van der Waals surface area contributed by atoms with Crippen molar-refractivity contribution in [2.24, 2.45) is 0 Å². The quantitative estimate of drug-likeness (QED) is 0.572. The average molecular weight is 425 g/mol. The van der Waals surface area contributed by atoms with Crippen LogP contribution in [0, 0.1) is 0 Å². The number of nitrogens with one attached hydrogen (secondary N) is 2. The lowest BCUT2D eigenvalue weighted by Gasteiger charge is -2.16. The number of rotatable bonds is 8. The van der Waals surface area contributed by atoms with Crippen LogP contribution in [0.3, 0.4) is 0 Å². The van der Waals surface area contributed by atoms with Crippen LogP contribution in [0.15, 0.2) is 76.2 Å². The molecule has 1 fully saturated rings. The molecule has 1 aromatic heterocycles. The zero-order valence-electron chi connectivity index (χ0n) is 16.7. The van der Waals surface area contributed by atoms with Crippen molar-refractivity contribution >= 4 is 21.6 Å². The van der Waals surface area contributed by atoms with Crippen LogP contribution in [0.2, 0.25) is 0 Å². The van der Waals surface area contributed by atoms with Gasteiger partial charge in [-0.25, -0.2) is 8.42 Å². The molecule has 2 aromatic carbocycles. The maximum Gasteiger partial charge on any atom is 0.261 e. The van der Waals surface area contributed by atoms with Gasteiger partial charge in [-0.1, -0.05) is 31.2 Å². The highest BCUT2D eigenvalue weighted by Crippen LogP contribution is 2.48. The molecule has 0 radical (unpaired) electrons. The summed E-state index contributed by atoms with van der Waals surface area (Å²) in [5.41, 5.74) is 1.89. The minimum Gasteiger partial charge on any atom is -0.467 e. The molecule has 0 aliphatic heterocycles. The number of carbonyl (C=O) groups excluding carboxylic acids is 1. The van der Waals surface area contributed by atoms with Gasteiger partial charge in [0.05, 0.1) is 23.1 Å². The van der Waals surface area contributed by atoms with Crippen LogP contribution in [0.25, 0.3) is 0 Å². The number of sulfonamides is 1. The molecule has 4 rings (SSSR count). The number of anilines is 1. The zero-order valence-corrected chi connectivity index (χ0v) is 17.5. The van der Waals surface area contributed by atoms with Crippen LogP contribution >= 0.6 is 0 Å². The molecule has 2 N–H and O–H groups in total. The fourth-order valence-corrected chi connectivity index (χ4v) is 4.56. The molecule has 1 aliphatic rings. The predicted octanol–water partition coefficient (Wildman–Crippen LogP) is 3.99. The maximum absolute atomic E-state index is 12.7. The molecular formula is C23H24N2O4S. The molecule has 0 bridgehead atoms. The van der Waals surface area contributed by atoms with Crippen molar-refractivity contribution in [3.8, 4) is 0 Å². The van der Waals surface area contributed by atoms with E-state index in [1.807, 2.05) is 37.3 Å². The van der Waals surface area contributed by atoms with Gasteiger partial charge in [0.2, 0.25) is 5.91 Å². The Labute approximate surface area is 176 Å². The minimum atomic E-state index is -3.66. The van der Waals surface area contributed by atoms with E-state index in [-0.39, 0.29) is 10.8 Å². The normalized spacial score (nSPS) is 14.8. The first-order chi connectivity index (χ1) is 14.4. The lowest BCUT2D eigenvalue weighted by molar-refractivity contribution is -0.123. The largest absolute Gasteiger partial charge is 0.467 e. The van der Waals surface area contributed by atoms with Gasteiger partial charge in [-0.2, -0.15) is 0 Å². The fourth-order valence-electron chi connectivity index (χ4n) is 3.50. The van der Waals surface area contributed by atoms with Gasteiger partial charge in [-0.15, -0.1) is 0 Å². The van der Waals surface area contributed by atoms with Crippen molar-refractivity contribution in [1.29, 1.82) is 0 Å². The lowest BCUT2D eigenvalue weighted by atomic mass is 9.95. The molecule has 0 saturated heterocycles. The summed E-state index contributed by atoms with van der Waals surface area (Å²) in [6, 6.07) is 17.5. The summed E-state index contributed by atoms with van der Waals surface area (Å²) in [6.45, 7) is 2.37. The summed E-state index contributed by atoms with van der Waals surface area (Å²) in [5, 5.41) is 2.93. The van der Waals surface area contributed by atoms with Gasteiger partial charge >= 0.3 is 0 Å². The van der Waals surface area contributed by atoms with E-state index in [1.165, 1.54) is 0 Å². The Balaban J connectivity index is 1.43. The van der Waals surface area contributed by atoms with E-state index < -0.39 is 15.4 Å². The molecular weight excluding hydrogens is 400 g/mol. The third-order valence-electron chi connectivity index (χ3n) is 5.52. The van der Waals surface area contributed by atoms with Crippen molar-refractivity contribution < 1.29 is 17.6 Å². The number of furan rings is 1. The molecule has 1 aliphatic carbocycles. The summed E-state index contributed by atoms with van der Waals surface area (Å²) in [4.78, 5) is 12.9. The predicted molar refractivity (Wildman–Crippen MR) is 115 cm³/mol. The lowest BCUT2D eigenvalue weighted by Crippen LogP contribution is -2.34. The van der Waals surface area contributed by atoms with Crippen molar-refractivity contribution in [3.05, 3.63) is 83.8 Å². The summed E-state index contributed by atoms with van der Waals surface area (Å²) < 4.78 is 33.1. The topological polar surface area (TPSA) is 88.4 Å². The second-order valence-electron chi connectivity index (χ2n) is 7.52. The van der Waals surface area contributed by atoms with E-state index >= 15 is 0 Å². The van der Waals surface area contributed by atoms with Crippen molar-refractivity contribution in [1.82, 2.24) is 5.32 Å². The molecule has 7 heteroatoms. The van der Waals surface area contributed by atoms with Crippen molar-refractivity contribution in [3.63, 3.8) is 0 Å². The molecule has 1 heterocycles. The maximum atomic E-state index is 12.7. The number of hydrogen-bond acceptors (Lipinski definition) is 4. The van der Waals surface area contributed by atoms with Crippen LogP contribution in [-0.4, -0.2) is 14.3 Å². The molecule has 1 saturated carbocycles. The van der Waals surface area contributed by atoms with Crippen LogP contribution in [-0.2, 0) is 33.2 Å². The number of carbonyl (C=O) groups is 1. The first-order valence-corrected chi connectivity index (χ1v) is 11.4. The van der Waals surface area contributed by atoms with Crippen LogP contribution < -0.4 is 10.0 Å². The SMILES string of the molecule is CCc1ccc(S(=O)(=O)Nc2ccc(C3(C(=O)NCc4ccco4)CC3)cc2)cc1. The first kappa shape index (κ1) is 20.2. The summed E-state index contributed by atoms with van der Waals surface area (Å²) in [5.74, 6) is 0.666. The Morgan fingerprint density at radius 3 is 2.30 bits per heavy atom.